The lowest BCUT2D eigenvalue weighted by Crippen LogP contribution is -2.49. The van der Waals surface area contributed by atoms with E-state index in [1.54, 1.807) is 12.1 Å². The van der Waals surface area contributed by atoms with Crippen molar-refractivity contribution >= 4 is 23.6 Å². The van der Waals surface area contributed by atoms with Crippen molar-refractivity contribution in [1.29, 1.82) is 0 Å². The summed E-state index contributed by atoms with van der Waals surface area (Å²) in [6.07, 6.45) is 1.83. The third kappa shape index (κ3) is 3.00. The Kier molecular flexibility index (Phi) is 4.39. The van der Waals surface area contributed by atoms with Gasteiger partial charge in [0.2, 0.25) is 0 Å². The maximum atomic E-state index is 11.7. The number of carbonyl (C=O) groups excluding carboxylic acids is 2. The maximum Gasteiger partial charge on any atom is 0.337 e. The fraction of sp³-hybridized carbons (Fsp3) is 0.364. The molecule has 0 N–H and O–H groups in total. The lowest BCUT2D eigenvalue weighted by molar-refractivity contribution is 0.0600. The summed E-state index contributed by atoms with van der Waals surface area (Å²) in [6.45, 7) is 8.89. The van der Waals surface area contributed by atoms with E-state index >= 15 is 0 Å². The second-order valence-corrected chi connectivity index (χ2v) is 8.14. The molecule has 0 bridgehead atoms. The molecule has 0 atom stereocenters. The molecule has 1 aliphatic rings. The molecule has 4 nitrogen and oxygen atoms in total. The number of rotatable bonds is 3. The van der Waals surface area contributed by atoms with Crippen LogP contribution in [0.3, 0.4) is 0 Å². The molecule has 2 aromatic rings. The minimum atomic E-state index is -0.341. The molecule has 0 radical (unpaired) electrons. The fourth-order valence-corrected chi connectivity index (χ4v) is 4.30. The van der Waals surface area contributed by atoms with E-state index in [4.69, 9.17) is 4.74 Å². The summed E-state index contributed by atoms with van der Waals surface area (Å²) in [7, 11) is 1.38. The van der Waals surface area contributed by atoms with Crippen molar-refractivity contribution in [1.82, 2.24) is 0 Å². The Morgan fingerprint density at radius 1 is 1.08 bits per heavy atom. The van der Waals surface area contributed by atoms with Gasteiger partial charge in [-0.25, -0.2) is 4.79 Å². The predicted molar refractivity (Wildman–Crippen MR) is 103 cm³/mol. The zero-order valence-electron chi connectivity index (χ0n) is 16.0. The first-order chi connectivity index (χ1) is 12.2. The molecule has 0 spiro atoms. The molecule has 136 valence electrons. The molecule has 0 aromatic heterocycles. The zero-order chi connectivity index (χ0) is 19.1. The number of esters is 1. The van der Waals surface area contributed by atoms with Gasteiger partial charge in [-0.05, 0) is 73.7 Å². The molecule has 3 rings (SSSR count). The monoisotopic (exact) mass is 351 g/mol. The van der Waals surface area contributed by atoms with Crippen LogP contribution in [0.15, 0.2) is 42.5 Å². The Bertz CT molecular complexity index is 850. The molecule has 26 heavy (non-hydrogen) atoms. The summed E-state index contributed by atoms with van der Waals surface area (Å²) >= 11 is 0. The Morgan fingerprint density at radius 3 is 2.31 bits per heavy atom. The normalized spacial score (nSPS) is 17.3. The summed E-state index contributed by atoms with van der Waals surface area (Å²) in [4.78, 5) is 25.3. The van der Waals surface area contributed by atoms with Crippen LogP contribution in [0.5, 0.6) is 0 Å². The molecule has 0 aliphatic carbocycles. The zero-order valence-corrected chi connectivity index (χ0v) is 16.0. The second kappa shape index (κ2) is 6.27. The highest BCUT2D eigenvalue weighted by Gasteiger charge is 2.42. The van der Waals surface area contributed by atoms with Crippen LogP contribution < -0.4 is 4.90 Å². The number of nitrogens with zero attached hydrogens (tertiary/aromatic N) is 1. The highest BCUT2D eigenvalue weighted by molar-refractivity contribution is 5.90. The van der Waals surface area contributed by atoms with E-state index in [0.29, 0.717) is 11.1 Å². The molecule has 0 unspecified atom stereocenters. The first-order valence-corrected chi connectivity index (χ1v) is 8.78. The Hall–Kier alpha value is -2.62. The molecule has 0 saturated heterocycles. The van der Waals surface area contributed by atoms with Crippen LogP contribution in [0, 0.1) is 0 Å². The van der Waals surface area contributed by atoms with Crippen LogP contribution in [-0.4, -0.2) is 24.9 Å². The SMILES string of the molecule is COC(=O)c1ccc(N2c3ccc(C=O)cc3C(C)(C)CC2(C)C)cc1. The van der Waals surface area contributed by atoms with Gasteiger partial charge in [0.05, 0.1) is 12.7 Å². The number of fused-ring (bicyclic) bond motifs is 1. The van der Waals surface area contributed by atoms with Gasteiger partial charge in [-0.2, -0.15) is 0 Å². The minimum Gasteiger partial charge on any atom is -0.465 e. The van der Waals surface area contributed by atoms with Crippen molar-refractivity contribution in [3.63, 3.8) is 0 Å². The Labute approximate surface area is 154 Å². The van der Waals surface area contributed by atoms with E-state index in [9.17, 15) is 9.59 Å². The lowest BCUT2D eigenvalue weighted by Gasteiger charge is -2.51. The number of methoxy groups -OCH3 is 1. The highest BCUT2D eigenvalue weighted by Crippen LogP contribution is 2.50. The Morgan fingerprint density at radius 2 is 1.73 bits per heavy atom. The van der Waals surface area contributed by atoms with Crippen molar-refractivity contribution in [2.45, 2.75) is 45.1 Å². The van der Waals surface area contributed by atoms with Crippen LogP contribution in [0.2, 0.25) is 0 Å². The maximum absolute atomic E-state index is 11.7. The third-order valence-corrected chi connectivity index (χ3v) is 5.15. The lowest BCUT2D eigenvalue weighted by atomic mass is 9.69. The van der Waals surface area contributed by atoms with Crippen LogP contribution >= 0.6 is 0 Å². The van der Waals surface area contributed by atoms with Crippen molar-refractivity contribution in [2.24, 2.45) is 0 Å². The fourth-order valence-electron chi connectivity index (χ4n) is 4.30. The van der Waals surface area contributed by atoms with Crippen LogP contribution in [0.25, 0.3) is 0 Å². The van der Waals surface area contributed by atoms with Crippen molar-refractivity contribution in [3.05, 3.63) is 59.2 Å². The van der Waals surface area contributed by atoms with E-state index in [2.05, 4.69) is 32.6 Å². The van der Waals surface area contributed by atoms with Gasteiger partial charge >= 0.3 is 5.97 Å². The van der Waals surface area contributed by atoms with Crippen LogP contribution in [-0.2, 0) is 10.2 Å². The third-order valence-electron chi connectivity index (χ3n) is 5.15. The number of hydrogen-bond donors (Lipinski definition) is 0. The van der Waals surface area contributed by atoms with Gasteiger partial charge in [0.25, 0.3) is 0 Å². The minimum absolute atomic E-state index is 0.0414. The Balaban J connectivity index is 2.14. The highest BCUT2D eigenvalue weighted by atomic mass is 16.5. The number of benzene rings is 2. The second-order valence-electron chi connectivity index (χ2n) is 8.14. The van der Waals surface area contributed by atoms with Gasteiger partial charge in [0, 0.05) is 22.5 Å². The molecule has 1 heterocycles. The molecular weight excluding hydrogens is 326 g/mol. The van der Waals surface area contributed by atoms with Crippen molar-refractivity contribution in [2.75, 3.05) is 12.0 Å². The largest absolute Gasteiger partial charge is 0.465 e. The van der Waals surface area contributed by atoms with Gasteiger partial charge in [0.1, 0.15) is 6.29 Å². The number of ether oxygens (including phenoxy) is 1. The van der Waals surface area contributed by atoms with E-state index in [1.807, 2.05) is 30.3 Å². The van der Waals surface area contributed by atoms with Gasteiger partial charge < -0.3 is 9.64 Å². The first-order valence-electron chi connectivity index (χ1n) is 8.78. The van der Waals surface area contributed by atoms with Gasteiger partial charge in [-0.1, -0.05) is 13.8 Å². The topological polar surface area (TPSA) is 46.6 Å². The number of anilines is 2. The predicted octanol–water partition coefficient (Wildman–Crippen LogP) is 4.88. The van der Waals surface area contributed by atoms with Gasteiger partial charge in [-0.3, -0.25) is 4.79 Å². The number of hydrogen-bond acceptors (Lipinski definition) is 4. The number of aldehydes is 1. The summed E-state index contributed by atoms with van der Waals surface area (Å²) < 4.78 is 4.79. The molecule has 0 saturated carbocycles. The van der Waals surface area contributed by atoms with E-state index in [1.165, 1.54) is 12.7 Å². The van der Waals surface area contributed by atoms with Crippen molar-refractivity contribution in [3.8, 4) is 0 Å². The first kappa shape index (κ1) is 18.2. The standard InChI is InChI=1S/C22H25NO3/c1-21(2)14-22(3,4)23(19-11-6-15(13-24)12-18(19)21)17-9-7-16(8-10-17)20(25)26-5/h6-13H,14H2,1-5H3. The van der Waals surface area contributed by atoms with Crippen LogP contribution in [0.1, 0.15) is 60.4 Å². The number of carbonyl (C=O) groups is 2. The molecular formula is C22H25NO3. The molecule has 4 heteroatoms. The summed E-state index contributed by atoms with van der Waals surface area (Å²) in [5.74, 6) is -0.341. The van der Waals surface area contributed by atoms with E-state index in [0.717, 1.165) is 24.1 Å². The summed E-state index contributed by atoms with van der Waals surface area (Å²) in [6, 6.07) is 13.4. The van der Waals surface area contributed by atoms with Crippen LogP contribution in [0.4, 0.5) is 11.4 Å². The van der Waals surface area contributed by atoms with E-state index in [-0.39, 0.29) is 16.9 Å². The van der Waals surface area contributed by atoms with Crippen molar-refractivity contribution < 1.29 is 14.3 Å². The smallest absolute Gasteiger partial charge is 0.337 e. The molecule has 2 aromatic carbocycles. The van der Waals surface area contributed by atoms with E-state index < -0.39 is 0 Å². The summed E-state index contributed by atoms with van der Waals surface area (Å²) in [5.41, 5.74) is 4.34. The van der Waals surface area contributed by atoms with Gasteiger partial charge in [0.15, 0.2) is 0 Å². The average Bonchev–Trinajstić information content (AvgIpc) is 2.60. The molecule has 1 aliphatic heterocycles. The molecule has 0 fully saturated rings. The van der Waals surface area contributed by atoms with Gasteiger partial charge in [-0.15, -0.1) is 0 Å². The quantitative estimate of drug-likeness (QED) is 0.584. The summed E-state index contributed by atoms with van der Waals surface area (Å²) in [5, 5.41) is 0. The average molecular weight is 351 g/mol. The molecule has 0 amide bonds.